The Morgan fingerprint density at radius 2 is 1.53 bits per heavy atom. The van der Waals surface area contributed by atoms with Crippen LogP contribution in [0.2, 0.25) is 0 Å². The van der Waals surface area contributed by atoms with Crippen LogP contribution in [-0.4, -0.2) is 56.0 Å². The van der Waals surface area contributed by atoms with Gasteiger partial charge in [0.2, 0.25) is 10.0 Å². The van der Waals surface area contributed by atoms with Crippen LogP contribution in [0.4, 0.5) is 5.69 Å². The average molecular weight is 461 g/mol. The number of carbonyl (C=O) groups excluding carboxylic acids is 1. The van der Waals surface area contributed by atoms with Crippen LogP contribution in [0.1, 0.15) is 46.4 Å². The molecule has 1 fully saturated rings. The summed E-state index contributed by atoms with van der Waals surface area (Å²) in [6.07, 6.45) is 3.34. The van der Waals surface area contributed by atoms with E-state index in [1.807, 2.05) is 0 Å². The van der Waals surface area contributed by atoms with Gasteiger partial charge in [0.05, 0.1) is 29.4 Å². The minimum Gasteiger partial charge on any atom is -0.490 e. The Kier molecular flexibility index (Phi) is 6.33. The average Bonchev–Trinajstić information content (AvgIpc) is 3.04. The predicted octanol–water partition coefficient (Wildman–Crippen LogP) is 2.97. The van der Waals surface area contributed by atoms with Crippen molar-refractivity contribution in [3.05, 3.63) is 47.5 Å². The topological polar surface area (TPSA) is 122 Å². The second kappa shape index (κ2) is 9.17. The number of fused-ring (bicyclic) bond motifs is 1. The number of nitrogens with zero attached hydrogens (tertiary/aromatic N) is 1. The van der Waals surface area contributed by atoms with Gasteiger partial charge in [-0.15, -0.1) is 0 Å². The Morgan fingerprint density at radius 1 is 0.906 bits per heavy atom. The lowest BCUT2D eigenvalue weighted by Gasteiger charge is -2.25. The number of ether oxygens (including phenoxy) is 2. The van der Waals surface area contributed by atoms with Crippen LogP contribution >= 0.6 is 0 Å². The van der Waals surface area contributed by atoms with Gasteiger partial charge in [-0.05, 0) is 37.1 Å². The van der Waals surface area contributed by atoms with Gasteiger partial charge in [0.1, 0.15) is 0 Å². The molecule has 2 aliphatic heterocycles. The van der Waals surface area contributed by atoms with Gasteiger partial charge in [-0.3, -0.25) is 4.79 Å². The molecule has 2 N–H and O–H groups in total. The highest BCUT2D eigenvalue weighted by Crippen LogP contribution is 2.35. The highest BCUT2D eigenvalue weighted by molar-refractivity contribution is 7.89. The minimum absolute atomic E-state index is 0.0664. The van der Waals surface area contributed by atoms with Crippen LogP contribution in [0.5, 0.6) is 11.5 Å². The SMILES string of the molecule is O=C(Nc1cc2c(cc1C(=O)O)OCCCO2)c1ccc(S(=O)(=O)N2CCCCC2)cc1. The van der Waals surface area contributed by atoms with Gasteiger partial charge in [0.25, 0.3) is 5.91 Å². The minimum atomic E-state index is -3.60. The van der Waals surface area contributed by atoms with Gasteiger partial charge in [-0.1, -0.05) is 6.42 Å². The van der Waals surface area contributed by atoms with Crippen LogP contribution in [0, 0.1) is 0 Å². The van der Waals surface area contributed by atoms with Crippen LogP contribution in [-0.2, 0) is 10.0 Å². The second-order valence-electron chi connectivity index (χ2n) is 7.64. The molecule has 2 aromatic rings. The van der Waals surface area contributed by atoms with E-state index in [1.54, 1.807) is 0 Å². The van der Waals surface area contributed by atoms with Crippen LogP contribution in [0.3, 0.4) is 0 Å². The fourth-order valence-corrected chi connectivity index (χ4v) is 5.23. The molecule has 0 radical (unpaired) electrons. The second-order valence-corrected chi connectivity index (χ2v) is 9.58. The quantitative estimate of drug-likeness (QED) is 0.703. The Balaban J connectivity index is 1.55. The van der Waals surface area contributed by atoms with Crippen molar-refractivity contribution < 1.29 is 32.6 Å². The van der Waals surface area contributed by atoms with Crippen molar-refractivity contribution in [3.63, 3.8) is 0 Å². The number of anilines is 1. The molecule has 2 aromatic carbocycles. The molecular formula is C22H24N2O7S. The zero-order valence-electron chi connectivity index (χ0n) is 17.4. The Hall–Kier alpha value is -3.11. The van der Waals surface area contributed by atoms with E-state index in [2.05, 4.69) is 5.32 Å². The highest BCUT2D eigenvalue weighted by Gasteiger charge is 2.26. The van der Waals surface area contributed by atoms with Crippen LogP contribution < -0.4 is 14.8 Å². The first-order chi connectivity index (χ1) is 15.4. The smallest absolute Gasteiger partial charge is 0.337 e. The number of amides is 1. The number of piperidine rings is 1. The van der Waals surface area contributed by atoms with Gasteiger partial charge >= 0.3 is 5.97 Å². The van der Waals surface area contributed by atoms with Gasteiger partial charge in [-0.25, -0.2) is 13.2 Å². The Bertz CT molecular complexity index is 1120. The molecule has 0 bridgehead atoms. The first-order valence-electron chi connectivity index (χ1n) is 10.4. The maximum Gasteiger partial charge on any atom is 0.337 e. The lowest BCUT2D eigenvalue weighted by Crippen LogP contribution is -2.35. The van der Waals surface area contributed by atoms with E-state index < -0.39 is 21.9 Å². The van der Waals surface area contributed by atoms with Gasteiger partial charge < -0.3 is 19.9 Å². The zero-order chi connectivity index (χ0) is 22.7. The van der Waals surface area contributed by atoms with E-state index in [0.29, 0.717) is 44.2 Å². The van der Waals surface area contributed by atoms with E-state index in [9.17, 15) is 23.1 Å². The predicted molar refractivity (Wildman–Crippen MR) is 116 cm³/mol. The molecular weight excluding hydrogens is 436 g/mol. The van der Waals surface area contributed by atoms with E-state index in [0.717, 1.165) is 19.3 Å². The highest BCUT2D eigenvalue weighted by atomic mass is 32.2. The first kappa shape index (κ1) is 22.1. The zero-order valence-corrected chi connectivity index (χ0v) is 18.2. The third kappa shape index (κ3) is 4.56. The van der Waals surface area contributed by atoms with E-state index >= 15 is 0 Å². The maximum absolute atomic E-state index is 12.8. The van der Waals surface area contributed by atoms with Crippen LogP contribution in [0.25, 0.3) is 0 Å². The molecule has 1 amide bonds. The summed E-state index contributed by atoms with van der Waals surface area (Å²) in [5, 5.41) is 12.1. The molecule has 0 spiro atoms. The number of aromatic carboxylic acids is 1. The molecule has 0 unspecified atom stereocenters. The largest absolute Gasteiger partial charge is 0.490 e. The number of nitrogens with one attached hydrogen (secondary N) is 1. The Morgan fingerprint density at radius 3 is 2.16 bits per heavy atom. The van der Waals surface area contributed by atoms with Crippen molar-refractivity contribution in [2.24, 2.45) is 0 Å². The number of sulfonamides is 1. The summed E-state index contributed by atoms with van der Waals surface area (Å²) >= 11 is 0. The number of hydrogen-bond donors (Lipinski definition) is 2. The van der Waals surface area contributed by atoms with Gasteiger partial charge in [0.15, 0.2) is 11.5 Å². The number of hydrogen-bond acceptors (Lipinski definition) is 6. The number of carboxylic acid groups (broad SMARTS) is 1. The third-order valence-corrected chi connectivity index (χ3v) is 7.35. The van der Waals surface area contributed by atoms with Crippen molar-refractivity contribution in [2.45, 2.75) is 30.6 Å². The summed E-state index contributed by atoms with van der Waals surface area (Å²) in [6, 6.07) is 8.37. The standard InChI is InChI=1S/C22H24N2O7S/c25-21(15-5-7-16(8-6-15)32(28,29)24-9-2-1-3-10-24)23-18-14-20-19(13-17(18)22(26)27)30-11-4-12-31-20/h5-8,13-14H,1-4,9-12H2,(H,23,25)(H,26,27). The fourth-order valence-electron chi connectivity index (χ4n) is 3.72. The molecule has 0 atom stereocenters. The molecule has 1 saturated heterocycles. The van der Waals surface area contributed by atoms with Crippen molar-refractivity contribution in [1.82, 2.24) is 4.31 Å². The van der Waals surface area contributed by atoms with Crippen molar-refractivity contribution in [2.75, 3.05) is 31.6 Å². The number of rotatable bonds is 5. The van der Waals surface area contributed by atoms with Crippen molar-refractivity contribution in [3.8, 4) is 11.5 Å². The molecule has 4 rings (SSSR count). The summed E-state index contributed by atoms with van der Waals surface area (Å²) in [6.45, 7) is 1.81. The first-order valence-corrected chi connectivity index (χ1v) is 11.9. The van der Waals surface area contributed by atoms with Crippen molar-refractivity contribution in [1.29, 1.82) is 0 Å². The lowest BCUT2D eigenvalue weighted by molar-refractivity contribution is 0.0697. The normalized spacial score (nSPS) is 16.8. The summed E-state index contributed by atoms with van der Waals surface area (Å²) in [5.74, 6) is -1.13. The van der Waals surface area contributed by atoms with Crippen molar-refractivity contribution >= 4 is 27.6 Å². The molecule has 2 heterocycles. The molecule has 9 nitrogen and oxygen atoms in total. The van der Waals surface area contributed by atoms with Gasteiger partial charge in [0, 0.05) is 37.2 Å². The molecule has 32 heavy (non-hydrogen) atoms. The summed E-state index contributed by atoms with van der Waals surface area (Å²) in [4.78, 5) is 24.6. The maximum atomic E-state index is 12.8. The Labute approximate surface area is 186 Å². The molecule has 170 valence electrons. The summed E-state index contributed by atoms with van der Waals surface area (Å²) < 4.78 is 38.1. The summed E-state index contributed by atoms with van der Waals surface area (Å²) in [7, 11) is -3.60. The third-order valence-electron chi connectivity index (χ3n) is 5.44. The molecule has 0 aromatic heterocycles. The monoisotopic (exact) mass is 460 g/mol. The van der Waals surface area contributed by atoms with Crippen LogP contribution in [0.15, 0.2) is 41.3 Å². The molecule has 0 saturated carbocycles. The van der Waals surface area contributed by atoms with E-state index in [1.165, 1.54) is 40.7 Å². The number of carbonyl (C=O) groups is 2. The van der Waals surface area contributed by atoms with E-state index in [4.69, 9.17) is 9.47 Å². The molecule has 10 heteroatoms. The lowest BCUT2D eigenvalue weighted by atomic mass is 10.1. The van der Waals surface area contributed by atoms with E-state index in [-0.39, 0.29) is 21.7 Å². The van der Waals surface area contributed by atoms with Gasteiger partial charge in [-0.2, -0.15) is 4.31 Å². The number of benzene rings is 2. The number of carboxylic acids is 1. The molecule has 2 aliphatic rings. The summed E-state index contributed by atoms with van der Waals surface area (Å²) in [5.41, 5.74) is 0.134. The fraction of sp³-hybridized carbons (Fsp3) is 0.364. The molecule has 0 aliphatic carbocycles.